The molecule has 2 aromatic carbocycles. The van der Waals surface area contributed by atoms with E-state index in [0.717, 1.165) is 51.9 Å². The number of fused-ring (bicyclic) bond motifs is 1. The Bertz CT molecular complexity index is 1190. The van der Waals surface area contributed by atoms with Crippen LogP contribution in [0.3, 0.4) is 0 Å². The number of aromatic nitrogens is 2. The molecule has 0 aliphatic heterocycles. The summed E-state index contributed by atoms with van der Waals surface area (Å²) in [5.74, 6) is -0.920. The average Bonchev–Trinajstić information content (AvgIpc) is 2.78. The van der Waals surface area contributed by atoms with Crippen molar-refractivity contribution in [3.05, 3.63) is 89.7 Å². The number of benzene rings is 2. The van der Waals surface area contributed by atoms with Gasteiger partial charge in [0, 0.05) is 18.4 Å². The topological polar surface area (TPSA) is 75.1 Å². The maximum atomic E-state index is 11.5. The largest absolute Gasteiger partial charge is 0.478 e. The summed E-state index contributed by atoms with van der Waals surface area (Å²) < 4.78 is 0. The van der Waals surface area contributed by atoms with Crippen LogP contribution in [-0.2, 0) is 13.0 Å². The predicted molar refractivity (Wildman–Crippen MR) is 120 cm³/mol. The average molecular weight is 397 g/mol. The van der Waals surface area contributed by atoms with Gasteiger partial charge in [-0.25, -0.2) is 4.79 Å². The molecule has 150 valence electrons. The lowest BCUT2D eigenvalue weighted by Crippen LogP contribution is -2.03. The molecule has 0 radical (unpaired) electrons. The van der Waals surface area contributed by atoms with Gasteiger partial charge in [-0.3, -0.25) is 9.97 Å². The van der Waals surface area contributed by atoms with Crippen molar-refractivity contribution in [2.45, 2.75) is 26.3 Å². The summed E-state index contributed by atoms with van der Waals surface area (Å²) in [6.45, 7) is 2.79. The second kappa shape index (κ2) is 8.74. The minimum Gasteiger partial charge on any atom is -0.478 e. The number of carboxylic acid groups (broad SMARTS) is 1. The number of carboxylic acids is 1. The number of aromatic carboxylic acids is 1. The minimum absolute atomic E-state index is 0.307. The van der Waals surface area contributed by atoms with Gasteiger partial charge in [-0.15, -0.1) is 0 Å². The first-order valence-corrected chi connectivity index (χ1v) is 10.1. The van der Waals surface area contributed by atoms with Gasteiger partial charge >= 0.3 is 5.97 Å². The molecule has 0 saturated carbocycles. The minimum atomic E-state index is -0.920. The molecule has 0 amide bonds. The van der Waals surface area contributed by atoms with E-state index in [-0.39, 0.29) is 0 Å². The molecule has 0 aliphatic carbocycles. The van der Waals surface area contributed by atoms with Crippen molar-refractivity contribution in [1.82, 2.24) is 9.97 Å². The predicted octanol–water partition coefficient (Wildman–Crippen LogP) is 5.56. The lowest BCUT2D eigenvalue weighted by atomic mass is 9.99. The summed E-state index contributed by atoms with van der Waals surface area (Å²) in [7, 11) is 0. The maximum Gasteiger partial charge on any atom is 0.336 e. The Kier molecular flexibility index (Phi) is 5.70. The molecule has 0 saturated heterocycles. The van der Waals surface area contributed by atoms with Crippen molar-refractivity contribution in [3.63, 3.8) is 0 Å². The molecule has 2 N–H and O–H groups in total. The zero-order valence-corrected chi connectivity index (χ0v) is 16.8. The van der Waals surface area contributed by atoms with Gasteiger partial charge in [-0.1, -0.05) is 55.8 Å². The third kappa shape index (κ3) is 4.15. The molecule has 2 heterocycles. The van der Waals surface area contributed by atoms with Gasteiger partial charge in [-0.2, -0.15) is 0 Å². The van der Waals surface area contributed by atoms with E-state index >= 15 is 0 Å². The van der Waals surface area contributed by atoms with Crippen molar-refractivity contribution in [2.75, 3.05) is 5.32 Å². The third-order valence-electron chi connectivity index (χ3n) is 5.03. The van der Waals surface area contributed by atoms with E-state index in [1.54, 1.807) is 18.3 Å². The number of pyridine rings is 2. The number of carbonyl (C=O) groups is 1. The van der Waals surface area contributed by atoms with E-state index in [9.17, 15) is 9.90 Å². The number of hydrogen-bond acceptors (Lipinski definition) is 4. The van der Waals surface area contributed by atoms with Crippen LogP contribution in [0.5, 0.6) is 0 Å². The van der Waals surface area contributed by atoms with Crippen LogP contribution >= 0.6 is 0 Å². The van der Waals surface area contributed by atoms with Crippen molar-refractivity contribution in [3.8, 4) is 11.1 Å². The summed E-state index contributed by atoms with van der Waals surface area (Å²) in [4.78, 5) is 20.7. The van der Waals surface area contributed by atoms with Gasteiger partial charge in [0.1, 0.15) is 5.52 Å². The van der Waals surface area contributed by atoms with Crippen LogP contribution in [0, 0.1) is 0 Å². The SMILES string of the molecule is CCCc1cc(NCc2ccc(-c3ccccc3C(=O)O)cc2)c2ncccc2n1. The van der Waals surface area contributed by atoms with Crippen LogP contribution in [0.2, 0.25) is 0 Å². The quantitative estimate of drug-likeness (QED) is 0.427. The summed E-state index contributed by atoms with van der Waals surface area (Å²) in [6, 6.07) is 21.0. The zero-order chi connectivity index (χ0) is 20.9. The van der Waals surface area contributed by atoms with Crippen molar-refractivity contribution < 1.29 is 9.90 Å². The van der Waals surface area contributed by atoms with Gasteiger partial charge in [0.25, 0.3) is 0 Å². The molecule has 4 aromatic rings. The number of nitrogens with zero attached hydrogens (tertiary/aromatic N) is 2. The van der Waals surface area contributed by atoms with E-state index in [4.69, 9.17) is 4.98 Å². The normalized spacial score (nSPS) is 10.8. The monoisotopic (exact) mass is 397 g/mol. The Balaban J connectivity index is 1.56. The Morgan fingerprint density at radius 2 is 1.83 bits per heavy atom. The van der Waals surface area contributed by atoms with Gasteiger partial charge in [0.2, 0.25) is 0 Å². The van der Waals surface area contributed by atoms with Gasteiger partial charge in [0.05, 0.1) is 16.8 Å². The third-order valence-corrected chi connectivity index (χ3v) is 5.03. The molecule has 0 spiro atoms. The molecular formula is C25H23N3O2. The van der Waals surface area contributed by atoms with Gasteiger partial charge < -0.3 is 10.4 Å². The number of nitrogens with one attached hydrogen (secondary N) is 1. The highest BCUT2D eigenvalue weighted by Gasteiger charge is 2.11. The zero-order valence-electron chi connectivity index (χ0n) is 16.8. The molecule has 2 aromatic heterocycles. The molecule has 5 heteroatoms. The lowest BCUT2D eigenvalue weighted by molar-refractivity contribution is 0.0697. The van der Waals surface area contributed by atoms with Crippen molar-refractivity contribution in [2.24, 2.45) is 0 Å². The van der Waals surface area contributed by atoms with E-state index in [2.05, 4.69) is 23.3 Å². The Morgan fingerprint density at radius 1 is 1.03 bits per heavy atom. The second-order valence-electron chi connectivity index (χ2n) is 7.18. The Labute approximate surface area is 175 Å². The lowest BCUT2D eigenvalue weighted by Gasteiger charge is -2.12. The van der Waals surface area contributed by atoms with Crippen LogP contribution in [-0.4, -0.2) is 21.0 Å². The second-order valence-corrected chi connectivity index (χ2v) is 7.18. The van der Waals surface area contributed by atoms with E-state index in [0.29, 0.717) is 12.1 Å². The molecule has 30 heavy (non-hydrogen) atoms. The highest BCUT2D eigenvalue weighted by atomic mass is 16.4. The maximum absolute atomic E-state index is 11.5. The molecule has 5 nitrogen and oxygen atoms in total. The molecule has 0 unspecified atom stereocenters. The number of anilines is 1. The molecule has 0 atom stereocenters. The van der Waals surface area contributed by atoms with Crippen LogP contribution in [0.15, 0.2) is 72.9 Å². The highest BCUT2D eigenvalue weighted by molar-refractivity contribution is 5.96. The molecule has 4 rings (SSSR count). The van der Waals surface area contributed by atoms with Gasteiger partial charge in [-0.05, 0) is 47.4 Å². The molecular weight excluding hydrogens is 374 g/mol. The molecule has 0 aliphatic rings. The number of aryl methyl sites for hydroxylation is 1. The first kappa shape index (κ1) is 19.6. The first-order chi connectivity index (χ1) is 14.7. The van der Waals surface area contributed by atoms with E-state index in [1.165, 1.54) is 0 Å². The smallest absolute Gasteiger partial charge is 0.336 e. The van der Waals surface area contributed by atoms with Crippen LogP contribution in [0.4, 0.5) is 5.69 Å². The standard InChI is InChI=1S/C25H23N3O2/c1-2-6-19-15-23(24-22(28-19)9-5-14-26-24)27-16-17-10-12-18(13-11-17)20-7-3-4-8-21(20)25(29)30/h3-5,7-15H,2,6,16H2,1H3,(H,27,28)(H,29,30). The van der Waals surface area contributed by atoms with Gasteiger partial charge in [0.15, 0.2) is 0 Å². The molecule has 0 fully saturated rings. The summed E-state index contributed by atoms with van der Waals surface area (Å²) in [6.07, 6.45) is 3.75. The number of rotatable bonds is 7. The van der Waals surface area contributed by atoms with Crippen LogP contribution in [0.1, 0.15) is 35.0 Å². The molecule has 0 bridgehead atoms. The van der Waals surface area contributed by atoms with E-state index in [1.807, 2.05) is 48.5 Å². The van der Waals surface area contributed by atoms with E-state index < -0.39 is 5.97 Å². The summed E-state index contributed by atoms with van der Waals surface area (Å²) in [5, 5.41) is 12.9. The van der Waals surface area contributed by atoms with Crippen LogP contribution in [0.25, 0.3) is 22.2 Å². The van der Waals surface area contributed by atoms with Crippen molar-refractivity contribution >= 4 is 22.7 Å². The first-order valence-electron chi connectivity index (χ1n) is 10.1. The Morgan fingerprint density at radius 3 is 2.60 bits per heavy atom. The highest BCUT2D eigenvalue weighted by Crippen LogP contribution is 2.25. The fourth-order valence-electron chi connectivity index (χ4n) is 3.56. The van der Waals surface area contributed by atoms with Crippen LogP contribution < -0.4 is 5.32 Å². The Hall–Kier alpha value is -3.73. The fourth-order valence-corrected chi connectivity index (χ4v) is 3.56. The number of hydrogen-bond donors (Lipinski definition) is 2. The fraction of sp³-hybridized carbons (Fsp3) is 0.160. The summed E-state index contributed by atoms with van der Waals surface area (Å²) in [5.41, 5.74) is 6.81. The summed E-state index contributed by atoms with van der Waals surface area (Å²) >= 11 is 0. The van der Waals surface area contributed by atoms with Crippen molar-refractivity contribution in [1.29, 1.82) is 0 Å².